The summed E-state index contributed by atoms with van der Waals surface area (Å²) in [6, 6.07) is 10.1. The lowest BCUT2D eigenvalue weighted by atomic mass is 10.1. The Kier molecular flexibility index (Phi) is 5.06. The summed E-state index contributed by atoms with van der Waals surface area (Å²) in [5, 5.41) is 1.01. The molecule has 21 heavy (non-hydrogen) atoms. The van der Waals surface area contributed by atoms with E-state index < -0.39 is 0 Å². The lowest BCUT2D eigenvalue weighted by Crippen LogP contribution is -2.14. The van der Waals surface area contributed by atoms with Gasteiger partial charge in [-0.15, -0.1) is 11.3 Å². The molecule has 2 aromatic rings. The molecule has 0 saturated carbocycles. The number of benzene rings is 1. The summed E-state index contributed by atoms with van der Waals surface area (Å²) in [5.41, 5.74) is 7.77. The number of rotatable bonds is 5. The van der Waals surface area contributed by atoms with Crippen LogP contribution in [0, 0.1) is 5.92 Å². The van der Waals surface area contributed by atoms with Crippen LogP contribution in [0.4, 0.5) is 10.7 Å². The van der Waals surface area contributed by atoms with Gasteiger partial charge in [0.05, 0.1) is 15.6 Å². The molecule has 5 heteroatoms. The zero-order chi connectivity index (χ0) is 15.6. The van der Waals surface area contributed by atoms with Gasteiger partial charge in [0.15, 0.2) is 5.78 Å². The molecule has 0 aliphatic carbocycles. The van der Waals surface area contributed by atoms with Gasteiger partial charge in [-0.2, -0.15) is 0 Å². The predicted octanol–water partition coefficient (Wildman–Crippen LogP) is 4.57. The Bertz CT molecular complexity index is 651. The fourth-order valence-corrected chi connectivity index (χ4v) is 3.60. The number of nitrogens with two attached hydrogens (primary N) is 1. The van der Waals surface area contributed by atoms with Crippen LogP contribution in [-0.2, 0) is 6.54 Å². The van der Waals surface area contributed by atoms with Crippen molar-refractivity contribution in [3.05, 3.63) is 45.2 Å². The van der Waals surface area contributed by atoms with Gasteiger partial charge in [0.25, 0.3) is 0 Å². The van der Waals surface area contributed by atoms with E-state index in [1.54, 1.807) is 0 Å². The largest absolute Gasteiger partial charge is 0.397 e. The maximum atomic E-state index is 12.1. The maximum Gasteiger partial charge on any atom is 0.177 e. The van der Waals surface area contributed by atoms with Gasteiger partial charge in [0, 0.05) is 24.0 Å². The minimum Gasteiger partial charge on any atom is -0.397 e. The van der Waals surface area contributed by atoms with E-state index >= 15 is 0 Å². The summed E-state index contributed by atoms with van der Waals surface area (Å²) < 4.78 is 1.06. The number of halogens is 1. The van der Waals surface area contributed by atoms with Gasteiger partial charge in [-0.3, -0.25) is 4.79 Å². The summed E-state index contributed by atoms with van der Waals surface area (Å²) in [5.74, 6) is 0.0776. The Morgan fingerprint density at radius 3 is 2.71 bits per heavy atom. The highest BCUT2D eigenvalue weighted by atomic mass is 79.9. The molecule has 0 amide bonds. The second-order valence-corrected chi connectivity index (χ2v) is 7.32. The SMILES string of the molecule is CC(C)C(=O)c1sc(N(C)Cc2cccc(Br)c2)cc1N. The Hall–Kier alpha value is -1.33. The average molecular weight is 367 g/mol. The molecule has 0 aliphatic heterocycles. The molecule has 0 atom stereocenters. The summed E-state index contributed by atoms with van der Waals surface area (Å²) >= 11 is 4.95. The molecule has 0 bridgehead atoms. The zero-order valence-electron chi connectivity index (χ0n) is 12.4. The number of carbonyl (C=O) groups is 1. The first-order chi connectivity index (χ1) is 9.88. The third kappa shape index (κ3) is 3.86. The number of ketones is 1. The fraction of sp³-hybridized carbons (Fsp3) is 0.312. The van der Waals surface area contributed by atoms with Gasteiger partial charge >= 0.3 is 0 Å². The molecule has 0 fully saturated rings. The topological polar surface area (TPSA) is 46.3 Å². The monoisotopic (exact) mass is 366 g/mol. The standard InChI is InChI=1S/C16H19BrN2OS/c1-10(2)15(20)16-13(18)8-14(21-16)19(3)9-11-5-4-6-12(17)7-11/h4-8,10H,9,18H2,1-3H3. The van der Waals surface area contributed by atoms with E-state index in [9.17, 15) is 4.79 Å². The summed E-state index contributed by atoms with van der Waals surface area (Å²) in [6.45, 7) is 4.56. The van der Waals surface area contributed by atoms with Crippen LogP contribution in [0.2, 0.25) is 0 Å². The highest BCUT2D eigenvalue weighted by Crippen LogP contribution is 2.34. The van der Waals surface area contributed by atoms with E-state index in [1.165, 1.54) is 16.9 Å². The summed E-state index contributed by atoms with van der Waals surface area (Å²) in [6.07, 6.45) is 0. The van der Waals surface area contributed by atoms with Crippen molar-refractivity contribution in [2.24, 2.45) is 5.92 Å². The molecule has 0 spiro atoms. The first-order valence-electron chi connectivity index (χ1n) is 6.77. The number of thiophene rings is 1. The van der Waals surface area contributed by atoms with Crippen LogP contribution in [0.15, 0.2) is 34.8 Å². The van der Waals surface area contributed by atoms with Gasteiger partial charge < -0.3 is 10.6 Å². The number of nitrogen functional groups attached to an aromatic ring is 1. The minimum atomic E-state index is -0.0332. The van der Waals surface area contributed by atoms with Crippen LogP contribution in [0.3, 0.4) is 0 Å². The molecular weight excluding hydrogens is 348 g/mol. The molecule has 1 heterocycles. The molecule has 2 N–H and O–H groups in total. The molecule has 112 valence electrons. The second-order valence-electron chi connectivity index (χ2n) is 5.37. The highest BCUT2D eigenvalue weighted by molar-refractivity contribution is 9.10. The first kappa shape index (κ1) is 16.0. The van der Waals surface area contributed by atoms with Crippen LogP contribution in [0.25, 0.3) is 0 Å². The maximum absolute atomic E-state index is 12.1. The minimum absolute atomic E-state index is 0.0332. The van der Waals surface area contributed by atoms with Crippen molar-refractivity contribution < 1.29 is 4.79 Å². The first-order valence-corrected chi connectivity index (χ1v) is 8.38. The zero-order valence-corrected chi connectivity index (χ0v) is 14.8. The predicted molar refractivity (Wildman–Crippen MR) is 94.1 cm³/mol. The Morgan fingerprint density at radius 1 is 1.38 bits per heavy atom. The number of nitrogens with zero attached hydrogens (tertiary/aromatic N) is 1. The number of hydrogen-bond acceptors (Lipinski definition) is 4. The molecule has 0 radical (unpaired) electrons. The molecule has 1 aromatic heterocycles. The molecule has 0 aliphatic rings. The number of Topliss-reactive ketones (excluding diaryl/α,β-unsaturated/α-hetero) is 1. The van der Waals surface area contributed by atoms with Crippen molar-refractivity contribution in [2.75, 3.05) is 17.7 Å². The van der Waals surface area contributed by atoms with Crippen LogP contribution in [0.5, 0.6) is 0 Å². The van der Waals surface area contributed by atoms with Crippen molar-refractivity contribution >= 4 is 43.7 Å². The van der Waals surface area contributed by atoms with Crippen LogP contribution >= 0.6 is 27.3 Å². The fourth-order valence-electron chi connectivity index (χ4n) is 2.02. The van der Waals surface area contributed by atoms with E-state index in [2.05, 4.69) is 33.0 Å². The lowest BCUT2D eigenvalue weighted by Gasteiger charge is -2.17. The normalized spacial score (nSPS) is 10.9. The van der Waals surface area contributed by atoms with E-state index in [1.807, 2.05) is 39.1 Å². The number of hydrogen-bond donors (Lipinski definition) is 1. The van der Waals surface area contributed by atoms with Gasteiger partial charge in [0.1, 0.15) is 0 Å². The highest BCUT2D eigenvalue weighted by Gasteiger charge is 2.18. The average Bonchev–Trinajstić information content (AvgIpc) is 2.80. The van der Waals surface area contributed by atoms with Gasteiger partial charge in [-0.1, -0.05) is 41.9 Å². The van der Waals surface area contributed by atoms with Crippen molar-refractivity contribution in [3.8, 4) is 0 Å². The van der Waals surface area contributed by atoms with Gasteiger partial charge in [-0.05, 0) is 23.8 Å². The third-order valence-electron chi connectivity index (χ3n) is 3.18. The van der Waals surface area contributed by atoms with Crippen LogP contribution in [0.1, 0.15) is 29.1 Å². The lowest BCUT2D eigenvalue weighted by molar-refractivity contribution is 0.0944. The summed E-state index contributed by atoms with van der Waals surface area (Å²) in [7, 11) is 2.01. The van der Waals surface area contributed by atoms with E-state index in [-0.39, 0.29) is 11.7 Å². The molecule has 1 aromatic carbocycles. The van der Waals surface area contributed by atoms with E-state index in [0.29, 0.717) is 10.6 Å². The van der Waals surface area contributed by atoms with Crippen molar-refractivity contribution in [3.63, 3.8) is 0 Å². The van der Waals surface area contributed by atoms with Crippen LogP contribution < -0.4 is 10.6 Å². The van der Waals surface area contributed by atoms with E-state index in [4.69, 9.17) is 5.73 Å². The summed E-state index contributed by atoms with van der Waals surface area (Å²) in [4.78, 5) is 14.9. The Morgan fingerprint density at radius 2 is 2.10 bits per heavy atom. The van der Waals surface area contributed by atoms with Crippen molar-refractivity contribution in [1.82, 2.24) is 0 Å². The smallest absolute Gasteiger partial charge is 0.177 e. The molecule has 0 unspecified atom stereocenters. The Balaban J connectivity index is 2.18. The van der Waals surface area contributed by atoms with Crippen molar-refractivity contribution in [1.29, 1.82) is 0 Å². The Labute approximate surface area is 137 Å². The molecule has 0 saturated heterocycles. The quantitative estimate of drug-likeness (QED) is 0.788. The van der Waals surface area contributed by atoms with E-state index in [0.717, 1.165) is 16.0 Å². The third-order valence-corrected chi connectivity index (χ3v) is 4.95. The van der Waals surface area contributed by atoms with Gasteiger partial charge in [0.2, 0.25) is 0 Å². The number of carbonyl (C=O) groups excluding carboxylic acids is 1. The number of anilines is 2. The van der Waals surface area contributed by atoms with Gasteiger partial charge in [-0.25, -0.2) is 0 Å². The molecule has 3 nitrogen and oxygen atoms in total. The molecule has 2 rings (SSSR count). The molecular formula is C16H19BrN2OS. The second kappa shape index (κ2) is 6.62. The van der Waals surface area contributed by atoms with Crippen LogP contribution in [-0.4, -0.2) is 12.8 Å². The van der Waals surface area contributed by atoms with Crippen molar-refractivity contribution in [2.45, 2.75) is 20.4 Å².